The van der Waals surface area contributed by atoms with E-state index in [4.69, 9.17) is 0 Å². The Hall–Kier alpha value is -1.07. The van der Waals surface area contributed by atoms with E-state index in [1.807, 2.05) is 0 Å². The van der Waals surface area contributed by atoms with E-state index in [1.54, 1.807) is 12.1 Å². The molecule has 0 saturated carbocycles. The smallest absolute Gasteiger partial charge is 0.312 e. The molecule has 0 radical (unpaired) electrons. The number of alkyl halides is 3. The topological polar surface area (TPSA) is 15.3 Å². The third-order valence-corrected chi connectivity index (χ3v) is 4.00. The maximum atomic E-state index is 12.7. The van der Waals surface area contributed by atoms with Crippen molar-refractivity contribution in [2.75, 3.05) is 19.6 Å². The van der Waals surface area contributed by atoms with Crippen LogP contribution in [0.1, 0.15) is 37.9 Å². The lowest BCUT2D eigenvalue weighted by atomic mass is 9.92. The molecule has 0 aromatic heterocycles. The second kappa shape index (κ2) is 6.36. The van der Waals surface area contributed by atoms with Crippen LogP contribution in [0, 0.1) is 5.92 Å². The largest absolute Gasteiger partial charge is 0.416 e. The molecule has 0 amide bonds. The molecule has 1 saturated heterocycles. The number of hydrogen-bond acceptors (Lipinski definition) is 2. The second-order valence-electron chi connectivity index (χ2n) is 6.16. The third kappa shape index (κ3) is 3.98. The fourth-order valence-electron chi connectivity index (χ4n) is 3.10. The van der Waals surface area contributed by atoms with Crippen LogP contribution in [0.15, 0.2) is 24.3 Å². The molecular weight excluding hydrogens is 277 g/mol. The monoisotopic (exact) mass is 300 g/mol. The minimum absolute atomic E-state index is 0.164. The first-order valence-corrected chi connectivity index (χ1v) is 7.43. The van der Waals surface area contributed by atoms with E-state index in [2.05, 4.69) is 31.0 Å². The van der Waals surface area contributed by atoms with Crippen LogP contribution < -0.4 is 5.32 Å². The summed E-state index contributed by atoms with van der Waals surface area (Å²) in [7, 11) is 0. The summed E-state index contributed by atoms with van der Waals surface area (Å²) in [6, 6.07) is 6.21. The van der Waals surface area contributed by atoms with Gasteiger partial charge in [0.25, 0.3) is 0 Å². The van der Waals surface area contributed by atoms with Gasteiger partial charge in [-0.15, -0.1) is 0 Å². The zero-order valence-corrected chi connectivity index (χ0v) is 12.7. The molecule has 0 aliphatic carbocycles. The van der Waals surface area contributed by atoms with Gasteiger partial charge in [0.05, 0.1) is 5.56 Å². The molecule has 1 aromatic carbocycles. The summed E-state index contributed by atoms with van der Waals surface area (Å²) in [5.74, 6) is 0.354. The summed E-state index contributed by atoms with van der Waals surface area (Å²) in [5, 5.41) is 3.40. The van der Waals surface area contributed by atoms with Crippen molar-refractivity contribution in [3.8, 4) is 0 Å². The van der Waals surface area contributed by atoms with Gasteiger partial charge in [-0.2, -0.15) is 13.2 Å². The number of hydrogen-bond donors (Lipinski definition) is 1. The number of nitrogens with zero attached hydrogens (tertiary/aromatic N) is 1. The lowest BCUT2D eigenvalue weighted by molar-refractivity contribution is -0.137. The highest BCUT2D eigenvalue weighted by molar-refractivity contribution is 5.27. The molecule has 2 rings (SSSR count). The van der Waals surface area contributed by atoms with E-state index in [9.17, 15) is 13.2 Å². The minimum atomic E-state index is -4.27. The van der Waals surface area contributed by atoms with Gasteiger partial charge in [0, 0.05) is 31.7 Å². The van der Waals surface area contributed by atoms with Crippen molar-refractivity contribution in [2.45, 2.75) is 39.0 Å². The molecule has 5 heteroatoms. The van der Waals surface area contributed by atoms with Gasteiger partial charge >= 0.3 is 6.18 Å². The van der Waals surface area contributed by atoms with E-state index in [1.165, 1.54) is 12.1 Å². The van der Waals surface area contributed by atoms with E-state index < -0.39 is 11.7 Å². The van der Waals surface area contributed by atoms with Gasteiger partial charge in [-0.05, 0) is 30.5 Å². The Labute approximate surface area is 124 Å². The molecule has 2 nitrogen and oxygen atoms in total. The van der Waals surface area contributed by atoms with Crippen molar-refractivity contribution in [3.05, 3.63) is 35.4 Å². The maximum absolute atomic E-state index is 12.7. The van der Waals surface area contributed by atoms with E-state index >= 15 is 0 Å². The van der Waals surface area contributed by atoms with Crippen molar-refractivity contribution in [1.82, 2.24) is 10.2 Å². The Bertz CT molecular complexity index is 454. The van der Waals surface area contributed by atoms with Crippen LogP contribution in [-0.4, -0.2) is 30.6 Å². The zero-order valence-electron chi connectivity index (χ0n) is 12.7. The molecule has 1 N–H and O–H groups in total. The highest BCUT2D eigenvalue weighted by Gasteiger charge is 2.31. The minimum Gasteiger partial charge on any atom is -0.312 e. The van der Waals surface area contributed by atoms with Gasteiger partial charge in [-0.25, -0.2) is 0 Å². The number of halogens is 3. The van der Waals surface area contributed by atoms with Crippen molar-refractivity contribution >= 4 is 0 Å². The van der Waals surface area contributed by atoms with Crippen LogP contribution in [0.5, 0.6) is 0 Å². The zero-order chi connectivity index (χ0) is 15.6. The molecule has 1 aliphatic rings. The van der Waals surface area contributed by atoms with Crippen molar-refractivity contribution in [1.29, 1.82) is 0 Å². The first-order chi connectivity index (χ1) is 9.79. The van der Waals surface area contributed by atoms with Crippen molar-refractivity contribution in [3.63, 3.8) is 0 Å². The Balaban J connectivity index is 2.22. The lowest BCUT2D eigenvalue weighted by Crippen LogP contribution is -2.51. The summed E-state index contributed by atoms with van der Waals surface area (Å²) < 4.78 is 38.0. The molecule has 21 heavy (non-hydrogen) atoms. The average molecular weight is 300 g/mol. The average Bonchev–Trinajstić information content (AvgIpc) is 2.38. The molecule has 0 bridgehead atoms. The van der Waals surface area contributed by atoms with Crippen LogP contribution in [0.25, 0.3) is 0 Å². The predicted molar refractivity (Wildman–Crippen MR) is 78.1 cm³/mol. The quantitative estimate of drug-likeness (QED) is 0.915. The molecule has 118 valence electrons. The van der Waals surface area contributed by atoms with Gasteiger partial charge < -0.3 is 5.32 Å². The molecular formula is C16H23F3N2. The van der Waals surface area contributed by atoms with E-state index in [0.29, 0.717) is 12.0 Å². The number of piperazine rings is 1. The van der Waals surface area contributed by atoms with Gasteiger partial charge in [0.2, 0.25) is 0 Å². The summed E-state index contributed by atoms with van der Waals surface area (Å²) in [6.07, 6.45) is -4.27. The molecule has 1 aromatic rings. The van der Waals surface area contributed by atoms with Crippen LogP contribution in [0.4, 0.5) is 13.2 Å². The Morgan fingerprint density at radius 3 is 2.29 bits per heavy atom. The number of rotatable bonds is 3. The van der Waals surface area contributed by atoms with Crippen LogP contribution in [0.3, 0.4) is 0 Å². The van der Waals surface area contributed by atoms with Crippen LogP contribution >= 0.6 is 0 Å². The van der Waals surface area contributed by atoms with Gasteiger partial charge in [0.15, 0.2) is 0 Å². The predicted octanol–water partition coefficient (Wildman–Crippen LogP) is 3.70. The normalized spacial score (nSPS) is 22.5. The highest BCUT2D eigenvalue weighted by Crippen LogP contribution is 2.33. The third-order valence-electron chi connectivity index (χ3n) is 4.00. The summed E-state index contributed by atoms with van der Waals surface area (Å²) >= 11 is 0. The first kappa shape index (κ1) is 16.3. The standard InChI is InChI=1S/C16H23F3N2/c1-11(2)15(21-9-8-20-12(3)10-21)13-4-6-14(7-5-13)16(17,18)19/h4-7,11-12,15,20H,8-10H2,1-3H3. The molecule has 2 unspecified atom stereocenters. The Morgan fingerprint density at radius 1 is 1.19 bits per heavy atom. The maximum Gasteiger partial charge on any atom is 0.416 e. The van der Waals surface area contributed by atoms with Crippen LogP contribution in [-0.2, 0) is 6.18 Å². The summed E-state index contributed by atoms with van der Waals surface area (Å²) in [6.45, 7) is 9.14. The summed E-state index contributed by atoms with van der Waals surface area (Å²) in [5.41, 5.74) is 0.384. The first-order valence-electron chi connectivity index (χ1n) is 7.43. The lowest BCUT2D eigenvalue weighted by Gasteiger charge is -2.40. The van der Waals surface area contributed by atoms with Crippen LogP contribution in [0.2, 0.25) is 0 Å². The van der Waals surface area contributed by atoms with Crippen molar-refractivity contribution in [2.24, 2.45) is 5.92 Å². The van der Waals surface area contributed by atoms with Gasteiger partial charge in [-0.3, -0.25) is 4.90 Å². The number of nitrogens with one attached hydrogen (secondary N) is 1. The Kier molecular flexibility index (Phi) is 4.94. The van der Waals surface area contributed by atoms with Gasteiger partial charge in [0.1, 0.15) is 0 Å². The fourth-order valence-corrected chi connectivity index (χ4v) is 3.10. The second-order valence-corrected chi connectivity index (χ2v) is 6.16. The highest BCUT2D eigenvalue weighted by atomic mass is 19.4. The molecule has 2 atom stereocenters. The SMILES string of the molecule is CC1CN(C(c2ccc(C(F)(F)F)cc2)C(C)C)CCN1. The number of benzene rings is 1. The van der Waals surface area contributed by atoms with E-state index in [0.717, 1.165) is 25.2 Å². The molecule has 1 aliphatic heterocycles. The molecule has 1 heterocycles. The molecule has 1 fully saturated rings. The fraction of sp³-hybridized carbons (Fsp3) is 0.625. The Morgan fingerprint density at radius 2 is 1.81 bits per heavy atom. The van der Waals surface area contributed by atoms with Crippen molar-refractivity contribution < 1.29 is 13.2 Å². The molecule has 0 spiro atoms. The van der Waals surface area contributed by atoms with E-state index in [-0.39, 0.29) is 6.04 Å². The van der Waals surface area contributed by atoms with Gasteiger partial charge in [-0.1, -0.05) is 26.0 Å². The summed E-state index contributed by atoms with van der Waals surface area (Å²) in [4.78, 5) is 2.37.